The summed E-state index contributed by atoms with van der Waals surface area (Å²) in [6.07, 6.45) is 2.84. The van der Waals surface area contributed by atoms with E-state index in [9.17, 15) is 36.5 Å². The van der Waals surface area contributed by atoms with Gasteiger partial charge in [0.1, 0.15) is 8.42 Å². The molecule has 0 radical (unpaired) electrons. The molecule has 224 valence electrons. The fourth-order valence-corrected chi connectivity index (χ4v) is 8.60. The number of sulfone groups is 1. The van der Waals surface area contributed by atoms with E-state index in [0.717, 1.165) is 0 Å². The molecule has 1 amide bonds. The van der Waals surface area contributed by atoms with Gasteiger partial charge in [0.25, 0.3) is 5.09 Å². The highest BCUT2D eigenvalue weighted by atomic mass is 32.3. The van der Waals surface area contributed by atoms with Gasteiger partial charge in [-0.1, -0.05) is 6.07 Å². The van der Waals surface area contributed by atoms with Gasteiger partial charge >= 0.3 is 5.97 Å². The molecule has 2 N–H and O–H groups in total. The van der Waals surface area contributed by atoms with Crippen molar-refractivity contribution >= 4 is 49.1 Å². The molecule has 0 aliphatic carbocycles. The van der Waals surface area contributed by atoms with Gasteiger partial charge in [-0.2, -0.15) is 0 Å². The number of nitrogens with two attached hydrogens (primary N) is 1. The van der Waals surface area contributed by atoms with E-state index in [4.69, 9.17) is 14.6 Å². The molecule has 0 fully saturated rings. The molecule has 1 aliphatic rings. The van der Waals surface area contributed by atoms with Gasteiger partial charge in [0.05, 0.1) is 25.0 Å². The molecule has 1 aromatic heterocycles. The summed E-state index contributed by atoms with van der Waals surface area (Å²) in [6.45, 7) is 3.20. The van der Waals surface area contributed by atoms with Gasteiger partial charge in [0, 0.05) is 24.6 Å². The Balaban J connectivity index is 1.78. The molecule has 3 rings (SSSR count). The van der Waals surface area contributed by atoms with Crippen LogP contribution in [0.1, 0.15) is 50.3 Å². The Labute approximate surface area is 240 Å². The van der Waals surface area contributed by atoms with Crippen molar-refractivity contribution in [3.63, 3.8) is 0 Å². The molecular formula is C24H29N3O11S3. The predicted octanol–water partition coefficient (Wildman–Crippen LogP) is 2.47. The van der Waals surface area contributed by atoms with Crippen molar-refractivity contribution in [2.45, 2.75) is 52.8 Å². The van der Waals surface area contributed by atoms with Crippen molar-refractivity contribution in [2.75, 3.05) is 20.3 Å². The number of primary sulfonamides is 1. The Kier molecular flexibility index (Phi) is 10.1. The zero-order valence-corrected chi connectivity index (χ0v) is 24.8. The first-order valence-electron chi connectivity index (χ1n) is 12.2. The van der Waals surface area contributed by atoms with Crippen LogP contribution in [-0.2, 0) is 34.3 Å². The van der Waals surface area contributed by atoms with Crippen molar-refractivity contribution in [3.8, 4) is 11.5 Å². The Bertz CT molecular complexity index is 1570. The lowest BCUT2D eigenvalue weighted by Crippen LogP contribution is -2.39. The first-order chi connectivity index (χ1) is 19.2. The van der Waals surface area contributed by atoms with Gasteiger partial charge in [-0.05, 0) is 56.5 Å². The smallest absolute Gasteiger partial charge is 0.311 e. The number of carbonyl (C=O) groups is 2. The van der Waals surface area contributed by atoms with E-state index in [0.29, 0.717) is 16.9 Å². The molecule has 1 aliphatic heterocycles. The number of fused-ring (bicyclic) bond motifs is 1. The number of rotatable bonds is 12. The van der Waals surface area contributed by atoms with Crippen molar-refractivity contribution in [1.82, 2.24) is 4.90 Å². The average molecular weight is 632 g/mol. The lowest BCUT2D eigenvalue weighted by Gasteiger charge is -2.35. The van der Waals surface area contributed by atoms with Crippen molar-refractivity contribution < 1.29 is 45.8 Å². The van der Waals surface area contributed by atoms with Gasteiger partial charge in [-0.3, -0.25) is 9.59 Å². The Morgan fingerprint density at radius 3 is 2.59 bits per heavy atom. The summed E-state index contributed by atoms with van der Waals surface area (Å²) in [5.41, 5.74) is 0.747. The Morgan fingerprint density at radius 1 is 1.27 bits per heavy atom. The highest BCUT2D eigenvalue weighted by molar-refractivity contribution is 7.95. The van der Waals surface area contributed by atoms with Crippen LogP contribution in [0, 0.1) is 10.1 Å². The summed E-state index contributed by atoms with van der Waals surface area (Å²) in [5, 5.41) is 13.6. The van der Waals surface area contributed by atoms with Crippen molar-refractivity contribution in [2.24, 2.45) is 5.14 Å². The number of esters is 1. The summed E-state index contributed by atoms with van der Waals surface area (Å²) in [5.74, 6) is -0.773. The Morgan fingerprint density at radius 2 is 1.98 bits per heavy atom. The molecule has 2 heterocycles. The Hall–Kier alpha value is -3.54. The highest BCUT2D eigenvalue weighted by Crippen LogP contribution is 2.45. The van der Waals surface area contributed by atoms with E-state index in [2.05, 4.69) is 4.84 Å². The van der Waals surface area contributed by atoms with Crippen LogP contribution in [0.3, 0.4) is 0 Å². The number of ether oxygens (including phenoxy) is 2. The number of nitrogens with zero attached hydrogens (tertiary/aromatic N) is 2. The highest BCUT2D eigenvalue weighted by Gasteiger charge is 2.42. The van der Waals surface area contributed by atoms with Crippen LogP contribution < -0.4 is 14.6 Å². The van der Waals surface area contributed by atoms with E-state index in [-0.39, 0.29) is 57.9 Å². The average Bonchev–Trinajstić information content (AvgIpc) is 3.37. The number of likely N-dealkylation sites (N-methyl/N-ethyl adjacent to an activating group) is 1. The van der Waals surface area contributed by atoms with Crippen LogP contribution in [0.4, 0.5) is 0 Å². The number of sulfonamides is 1. The zero-order valence-electron chi connectivity index (χ0n) is 22.3. The van der Waals surface area contributed by atoms with E-state index in [1.807, 2.05) is 0 Å². The second-order valence-corrected chi connectivity index (χ2v) is 14.4. The van der Waals surface area contributed by atoms with Crippen LogP contribution in [-0.4, -0.2) is 64.2 Å². The van der Waals surface area contributed by atoms with Gasteiger partial charge < -0.3 is 19.2 Å². The molecule has 14 nitrogen and oxygen atoms in total. The predicted molar refractivity (Wildman–Crippen MR) is 147 cm³/mol. The molecule has 2 aromatic rings. The molecule has 0 bridgehead atoms. The molecule has 0 saturated heterocycles. The fraction of sp³-hybridized carbons (Fsp3) is 0.417. The van der Waals surface area contributed by atoms with Gasteiger partial charge in [0.15, 0.2) is 21.3 Å². The number of amides is 1. The van der Waals surface area contributed by atoms with Crippen LogP contribution in [0.15, 0.2) is 38.8 Å². The molecule has 0 spiro atoms. The first-order valence-corrected chi connectivity index (χ1v) is 16.1. The first kappa shape index (κ1) is 32.0. The van der Waals surface area contributed by atoms with Crippen LogP contribution >= 0.6 is 11.3 Å². The third-order valence-corrected chi connectivity index (χ3v) is 11.6. The van der Waals surface area contributed by atoms with Crippen molar-refractivity contribution in [3.05, 3.63) is 51.6 Å². The number of hydrogen-bond acceptors (Lipinski definition) is 12. The molecule has 0 saturated carbocycles. The lowest BCUT2D eigenvalue weighted by atomic mass is 10.0. The van der Waals surface area contributed by atoms with E-state index < -0.39 is 48.1 Å². The van der Waals surface area contributed by atoms with Crippen LogP contribution in [0.2, 0.25) is 0 Å². The minimum atomic E-state index is -4.15. The van der Waals surface area contributed by atoms with E-state index >= 15 is 0 Å². The van der Waals surface area contributed by atoms with Gasteiger partial charge in [-0.25, -0.2) is 22.0 Å². The minimum absolute atomic E-state index is 0.0790. The largest absolute Gasteiger partial charge is 0.493 e. The summed E-state index contributed by atoms with van der Waals surface area (Å²) < 4.78 is 59.8. The SMILES string of the molecule is CCN(C(=O)/C=C/c1ccc(OC(=O)CCCO[N+](=O)[O-])c(OC)c1)[C@H]1CC(C)S(=O)(=O)c2sc(S(N)(=O)=O)cc21. The number of benzene rings is 1. The fourth-order valence-electron chi connectivity index (χ4n) is 4.20. The molecule has 1 aromatic carbocycles. The van der Waals surface area contributed by atoms with Crippen molar-refractivity contribution in [1.29, 1.82) is 0 Å². The number of carbonyl (C=O) groups excluding carboxylic acids is 2. The summed E-state index contributed by atoms with van der Waals surface area (Å²) in [7, 11) is -6.57. The second-order valence-electron chi connectivity index (χ2n) is 8.96. The number of methoxy groups -OCH3 is 1. The molecule has 41 heavy (non-hydrogen) atoms. The number of hydrogen-bond donors (Lipinski definition) is 1. The standard InChI is InChI=1S/C24H29N3O11S3/c1-4-26(18-12-15(2)40(32,33)24-17(18)14-23(39-24)41(25,34)35)21(28)10-8-16-7-9-19(20(13-16)36-3)38-22(29)6-5-11-37-27(30)31/h7-10,13-15,18H,4-6,11-12H2,1-3H3,(H2,25,34,35)/b10-8+/t15?,18-/m0/s1. The maximum Gasteiger partial charge on any atom is 0.311 e. The van der Waals surface area contributed by atoms with Crippen LogP contribution in [0.25, 0.3) is 6.08 Å². The maximum atomic E-state index is 13.3. The molecular weight excluding hydrogens is 602 g/mol. The molecule has 1 unspecified atom stereocenters. The van der Waals surface area contributed by atoms with Gasteiger partial charge in [-0.15, -0.1) is 21.5 Å². The van der Waals surface area contributed by atoms with E-state index in [1.165, 1.54) is 49.3 Å². The molecule has 2 atom stereocenters. The van der Waals surface area contributed by atoms with E-state index in [1.54, 1.807) is 13.0 Å². The normalized spacial score (nSPS) is 18.0. The summed E-state index contributed by atoms with van der Waals surface area (Å²) >= 11 is 0.583. The minimum Gasteiger partial charge on any atom is -0.493 e. The lowest BCUT2D eigenvalue weighted by molar-refractivity contribution is -0.757. The zero-order chi connectivity index (χ0) is 30.5. The maximum absolute atomic E-state index is 13.3. The second kappa shape index (κ2) is 13.0. The summed E-state index contributed by atoms with van der Waals surface area (Å²) in [6, 6.07) is 5.11. The third-order valence-electron chi connectivity index (χ3n) is 6.24. The topological polar surface area (TPSA) is 203 Å². The number of thiophene rings is 1. The third kappa shape index (κ3) is 7.60. The monoisotopic (exact) mass is 631 g/mol. The summed E-state index contributed by atoms with van der Waals surface area (Å²) in [4.78, 5) is 41.1. The van der Waals surface area contributed by atoms with Gasteiger partial charge in [0.2, 0.25) is 15.9 Å². The van der Waals surface area contributed by atoms with Crippen LogP contribution in [0.5, 0.6) is 11.5 Å². The molecule has 17 heteroatoms. The quantitative estimate of drug-likeness (QED) is 0.0900.